The first-order valence-electron chi connectivity index (χ1n) is 3.52. The molecule has 3 N–H and O–H groups in total. The average Bonchev–Trinajstić information content (AvgIpc) is 2.34. The lowest BCUT2D eigenvalue weighted by molar-refractivity contribution is 0.666. The predicted molar refractivity (Wildman–Crippen MR) is 40.6 cm³/mol. The molecule has 1 rings (SSSR count). The van der Waals surface area contributed by atoms with Crippen molar-refractivity contribution < 1.29 is 0 Å². The second kappa shape index (κ2) is 3.37. The highest BCUT2D eigenvalue weighted by atomic mass is 15.1. The number of aryl methyl sites for hydroxylation is 1. The van der Waals surface area contributed by atoms with Crippen molar-refractivity contribution in [3.8, 4) is 0 Å². The van der Waals surface area contributed by atoms with E-state index in [0.29, 0.717) is 0 Å². The average molecular weight is 139 g/mol. The minimum atomic E-state index is 0.287. The van der Waals surface area contributed by atoms with Gasteiger partial charge in [-0.2, -0.15) is 5.10 Å². The largest absolute Gasteiger partial charge is 0.328 e. The van der Waals surface area contributed by atoms with Crippen LogP contribution in [0.2, 0.25) is 0 Å². The minimum absolute atomic E-state index is 0.287. The summed E-state index contributed by atoms with van der Waals surface area (Å²) < 4.78 is 0. The third-order valence-electron chi connectivity index (χ3n) is 1.44. The van der Waals surface area contributed by atoms with Crippen LogP contribution in [0.3, 0.4) is 0 Å². The molecule has 1 atom stereocenters. The third kappa shape index (κ3) is 2.19. The first-order valence-corrected chi connectivity index (χ1v) is 3.52. The fraction of sp³-hybridized carbons (Fsp3) is 0.571. The van der Waals surface area contributed by atoms with E-state index in [2.05, 4.69) is 10.2 Å². The number of nitrogens with one attached hydrogen (secondary N) is 1. The molecule has 0 spiro atoms. The lowest BCUT2D eigenvalue weighted by Crippen LogP contribution is -2.15. The summed E-state index contributed by atoms with van der Waals surface area (Å²) in [7, 11) is 0. The predicted octanol–water partition coefficient (Wildman–Crippen LogP) is 0.690. The molecule has 0 aliphatic rings. The number of nitrogens with zero attached hydrogens (tertiary/aromatic N) is 1. The van der Waals surface area contributed by atoms with Gasteiger partial charge in [-0.25, -0.2) is 0 Å². The molecule has 0 amide bonds. The van der Waals surface area contributed by atoms with Crippen LogP contribution in [-0.2, 0) is 6.42 Å². The van der Waals surface area contributed by atoms with Crippen molar-refractivity contribution in [1.82, 2.24) is 10.2 Å². The molecule has 1 aromatic rings. The molecule has 0 radical (unpaired) electrons. The molecule has 0 bridgehead atoms. The van der Waals surface area contributed by atoms with E-state index in [4.69, 9.17) is 5.73 Å². The Hall–Kier alpha value is -0.830. The van der Waals surface area contributed by atoms with E-state index in [0.717, 1.165) is 12.8 Å². The molecule has 0 saturated carbocycles. The SMILES string of the molecule is C[C@H](N)CCc1cn[nH]c1. The van der Waals surface area contributed by atoms with Crippen molar-refractivity contribution in [3.63, 3.8) is 0 Å². The molecule has 0 fully saturated rings. The van der Waals surface area contributed by atoms with Gasteiger partial charge >= 0.3 is 0 Å². The van der Waals surface area contributed by atoms with Crippen LogP contribution in [0.4, 0.5) is 0 Å². The highest BCUT2D eigenvalue weighted by Gasteiger charge is 1.96. The number of rotatable bonds is 3. The van der Waals surface area contributed by atoms with E-state index in [9.17, 15) is 0 Å². The maximum Gasteiger partial charge on any atom is 0.0519 e. The molecule has 0 aliphatic carbocycles. The fourth-order valence-corrected chi connectivity index (χ4v) is 0.809. The summed E-state index contributed by atoms with van der Waals surface area (Å²) in [5.41, 5.74) is 6.81. The highest BCUT2D eigenvalue weighted by Crippen LogP contribution is 1.99. The van der Waals surface area contributed by atoms with E-state index >= 15 is 0 Å². The normalized spacial score (nSPS) is 13.4. The first-order chi connectivity index (χ1) is 4.79. The Kier molecular flexibility index (Phi) is 2.45. The van der Waals surface area contributed by atoms with Gasteiger partial charge in [-0.05, 0) is 25.3 Å². The molecule has 0 aromatic carbocycles. The molecule has 10 heavy (non-hydrogen) atoms. The summed E-state index contributed by atoms with van der Waals surface area (Å²) in [5.74, 6) is 0. The number of hydrogen-bond donors (Lipinski definition) is 2. The van der Waals surface area contributed by atoms with Gasteiger partial charge in [-0.1, -0.05) is 0 Å². The van der Waals surface area contributed by atoms with Gasteiger partial charge in [0.25, 0.3) is 0 Å². The maximum absolute atomic E-state index is 5.58. The Morgan fingerprint density at radius 3 is 3.10 bits per heavy atom. The summed E-state index contributed by atoms with van der Waals surface area (Å²) in [6, 6.07) is 0.287. The van der Waals surface area contributed by atoms with Gasteiger partial charge in [0.15, 0.2) is 0 Å². The van der Waals surface area contributed by atoms with E-state index < -0.39 is 0 Å². The Balaban J connectivity index is 2.28. The number of aromatic amines is 1. The molecule has 1 aromatic heterocycles. The molecule has 0 saturated heterocycles. The maximum atomic E-state index is 5.58. The number of aromatic nitrogens is 2. The van der Waals surface area contributed by atoms with Crippen LogP contribution < -0.4 is 5.73 Å². The smallest absolute Gasteiger partial charge is 0.0519 e. The third-order valence-corrected chi connectivity index (χ3v) is 1.44. The minimum Gasteiger partial charge on any atom is -0.328 e. The van der Waals surface area contributed by atoms with Crippen molar-refractivity contribution >= 4 is 0 Å². The Morgan fingerprint density at radius 2 is 2.60 bits per heavy atom. The monoisotopic (exact) mass is 139 g/mol. The summed E-state index contributed by atoms with van der Waals surface area (Å²) in [5, 5.41) is 6.60. The van der Waals surface area contributed by atoms with Crippen LogP contribution in [-0.4, -0.2) is 16.2 Å². The summed E-state index contributed by atoms with van der Waals surface area (Å²) in [6.07, 6.45) is 5.79. The van der Waals surface area contributed by atoms with Gasteiger partial charge in [-0.3, -0.25) is 5.10 Å². The molecule has 3 nitrogen and oxygen atoms in total. The van der Waals surface area contributed by atoms with Crippen molar-refractivity contribution in [1.29, 1.82) is 0 Å². The fourth-order valence-electron chi connectivity index (χ4n) is 0.809. The van der Waals surface area contributed by atoms with E-state index in [-0.39, 0.29) is 6.04 Å². The molecular weight excluding hydrogens is 126 g/mol. The van der Waals surface area contributed by atoms with Gasteiger partial charge < -0.3 is 5.73 Å². The highest BCUT2D eigenvalue weighted by molar-refractivity contribution is 5.02. The Morgan fingerprint density at radius 1 is 1.80 bits per heavy atom. The molecule has 0 unspecified atom stereocenters. The summed E-state index contributed by atoms with van der Waals surface area (Å²) >= 11 is 0. The van der Waals surface area contributed by atoms with Crippen LogP contribution in [0.25, 0.3) is 0 Å². The zero-order valence-electron chi connectivity index (χ0n) is 6.17. The van der Waals surface area contributed by atoms with Crippen LogP contribution in [0.5, 0.6) is 0 Å². The van der Waals surface area contributed by atoms with E-state index in [1.807, 2.05) is 19.3 Å². The topological polar surface area (TPSA) is 54.7 Å². The second-order valence-electron chi connectivity index (χ2n) is 2.62. The van der Waals surface area contributed by atoms with Crippen molar-refractivity contribution in [2.75, 3.05) is 0 Å². The zero-order chi connectivity index (χ0) is 7.40. The molecule has 1 heterocycles. The lowest BCUT2D eigenvalue weighted by atomic mass is 10.1. The van der Waals surface area contributed by atoms with Crippen LogP contribution in [0, 0.1) is 0 Å². The first kappa shape index (κ1) is 7.28. The van der Waals surface area contributed by atoms with Gasteiger partial charge in [0.05, 0.1) is 6.20 Å². The zero-order valence-corrected chi connectivity index (χ0v) is 6.17. The van der Waals surface area contributed by atoms with Gasteiger partial charge in [0.1, 0.15) is 0 Å². The van der Waals surface area contributed by atoms with Crippen molar-refractivity contribution in [2.24, 2.45) is 5.73 Å². The number of nitrogens with two attached hydrogens (primary N) is 1. The van der Waals surface area contributed by atoms with E-state index in [1.165, 1.54) is 5.56 Å². The molecular formula is C7H13N3. The standard InChI is InChI=1S/C7H13N3/c1-6(8)2-3-7-4-9-10-5-7/h4-6H,2-3,8H2,1H3,(H,9,10)/t6-/m0/s1. The van der Waals surface area contributed by atoms with E-state index in [1.54, 1.807) is 0 Å². The second-order valence-corrected chi connectivity index (χ2v) is 2.62. The molecule has 3 heteroatoms. The quantitative estimate of drug-likeness (QED) is 0.647. The number of hydrogen-bond acceptors (Lipinski definition) is 2. The van der Waals surface area contributed by atoms with Gasteiger partial charge in [-0.15, -0.1) is 0 Å². The molecule has 0 aliphatic heterocycles. The van der Waals surface area contributed by atoms with Crippen molar-refractivity contribution in [2.45, 2.75) is 25.8 Å². The lowest BCUT2D eigenvalue weighted by Gasteiger charge is -2.00. The van der Waals surface area contributed by atoms with Gasteiger partial charge in [0.2, 0.25) is 0 Å². The van der Waals surface area contributed by atoms with Gasteiger partial charge in [0, 0.05) is 12.2 Å². The molecule has 56 valence electrons. The van der Waals surface area contributed by atoms with Crippen LogP contribution >= 0.6 is 0 Å². The van der Waals surface area contributed by atoms with Crippen molar-refractivity contribution in [3.05, 3.63) is 18.0 Å². The Bertz CT molecular complexity index is 167. The number of H-pyrrole nitrogens is 1. The summed E-state index contributed by atoms with van der Waals surface area (Å²) in [4.78, 5) is 0. The Labute approximate surface area is 60.6 Å². The summed E-state index contributed by atoms with van der Waals surface area (Å²) in [6.45, 7) is 2.01. The van der Waals surface area contributed by atoms with Crippen LogP contribution in [0.1, 0.15) is 18.9 Å². The van der Waals surface area contributed by atoms with Crippen LogP contribution in [0.15, 0.2) is 12.4 Å².